The molecule has 0 aromatic rings. The van der Waals surface area contributed by atoms with Gasteiger partial charge in [0, 0.05) is 19.3 Å². The molecule has 0 aliphatic heterocycles. The molecule has 6 nitrogen and oxygen atoms in total. The highest BCUT2D eigenvalue weighted by atomic mass is 16.6. The van der Waals surface area contributed by atoms with Crippen LogP contribution in [0.15, 0.2) is 97.2 Å². The predicted octanol–water partition coefficient (Wildman–Crippen LogP) is 15.4. The summed E-state index contributed by atoms with van der Waals surface area (Å²) in [7, 11) is 0. The fourth-order valence-electron chi connectivity index (χ4n) is 6.15. The van der Waals surface area contributed by atoms with Gasteiger partial charge < -0.3 is 14.2 Å². The van der Waals surface area contributed by atoms with Gasteiger partial charge >= 0.3 is 17.9 Å². The molecular weight excluding hydrogens is 733 g/mol. The van der Waals surface area contributed by atoms with Gasteiger partial charge in [-0.15, -0.1) is 0 Å². The second-order valence-corrected chi connectivity index (χ2v) is 15.4. The minimum Gasteiger partial charge on any atom is -0.462 e. The molecule has 0 saturated carbocycles. The van der Waals surface area contributed by atoms with Crippen molar-refractivity contribution in [1.29, 1.82) is 0 Å². The Morgan fingerprint density at radius 1 is 0.373 bits per heavy atom. The van der Waals surface area contributed by atoms with Crippen molar-refractivity contribution in [3.63, 3.8) is 0 Å². The van der Waals surface area contributed by atoms with Gasteiger partial charge in [-0.3, -0.25) is 14.4 Å². The Balaban J connectivity index is 4.53. The van der Waals surface area contributed by atoms with Crippen molar-refractivity contribution >= 4 is 17.9 Å². The SMILES string of the molecule is CC/C=C/C=C/C=C/C=C/C=C/CCCC(=O)OCC(COC(=O)CCCCCCCCC/C=C/C/C=C/CC)OC(=O)CCCCC/C=C/CCCCCCCCC. The van der Waals surface area contributed by atoms with E-state index in [1.54, 1.807) is 0 Å². The highest BCUT2D eigenvalue weighted by molar-refractivity contribution is 5.71. The van der Waals surface area contributed by atoms with Gasteiger partial charge in [0.25, 0.3) is 0 Å². The average molecular weight is 819 g/mol. The van der Waals surface area contributed by atoms with Crippen molar-refractivity contribution < 1.29 is 28.6 Å². The molecule has 0 heterocycles. The normalized spacial score (nSPS) is 12.9. The molecule has 6 heteroatoms. The third kappa shape index (κ3) is 45.3. The number of hydrogen-bond acceptors (Lipinski definition) is 6. The Labute approximate surface area is 362 Å². The molecule has 0 radical (unpaired) electrons. The summed E-state index contributed by atoms with van der Waals surface area (Å²) in [6.07, 6.45) is 61.1. The number of hydrogen-bond donors (Lipinski definition) is 0. The Hall–Kier alpha value is -3.67. The number of unbranched alkanes of at least 4 members (excludes halogenated alkanes) is 18. The second kappa shape index (κ2) is 47.0. The van der Waals surface area contributed by atoms with E-state index in [0.717, 1.165) is 83.5 Å². The first-order chi connectivity index (χ1) is 29.0. The minimum atomic E-state index is -0.816. The van der Waals surface area contributed by atoms with Crippen LogP contribution in [0.5, 0.6) is 0 Å². The lowest BCUT2D eigenvalue weighted by atomic mass is 10.1. The second-order valence-electron chi connectivity index (χ2n) is 15.4. The van der Waals surface area contributed by atoms with Gasteiger partial charge in [0.15, 0.2) is 6.10 Å². The summed E-state index contributed by atoms with van der Waals surface area (Å²) in [4.78, 5) is 37.8. The molecule has 0 aliphatic carbocycles. The molecule has 59 heavy (non-hydrogen) atoms. The lowest BCUT2D eigenvalue weighted by Gasteiger charge is -2.18. The van der Waals surface area contributed by atoms with Crippen LogP contribution in [0.25, 0.3) is 0 Å². The van der Waals surface area contributed by atoms with E-state index in [2.05, 4.69) is 63.3 Å². The van der Waals surface area contributed by atoms with E-state index >= 15 is 0 Å². The van der Waals surface area contributed by atoms with Gasteiger partial charge in [-0.05, 0) is 83.5 Å². The molecule has 0 aliphatic rings. The number of carbonyl (C=O) groups excluding carboxylic acids is 3. The predicted molar refractivity (Wildman–Crippen MR) is 251 cm³/mol. The van der Waals surface area contributed by atoms with Crippen LogP contribution in [0, 0.1) is 0 Å². The number of rotatable bonds is 41. The van der Waals surface area contributed by atoms with E-state index in [1.165, 1.54) is 70.6 Å². The van der Waals surface area contributed by atoms with E-state index in [0.29, 0.717) is 12.8 Å². The minimum absolute atomic E-state index is 0.112. The third-order valence-electron chi connectivity index (χ3n) is 9.68. The van der Waals surface area contributed by atoms with Gasteiger partial charge in [-0.1, -0.05) is 195 Å². The highest BCUT2D eigenvalue weighted by Gasteiger charge is 2.19. The van der Waals surface area contributed by atoms with Crippen molar-refractivity contribution in [1.82, 2.24) is 0 Å². The maximum Gasteiger partial charge on any atom is 0.306 e. The standard InChI is InChI=1S/C53H86O6/c1-4-7-10-13-16-19-22-25-28-31-34-37-40-43-46-52(55)58-49-50(48-57-51(54)45-42-39-36-33-30-27-24-21-18-15-12-9-6-3)59-53(56)47-44-41-38-35-32-29-26-23-20-17-14-11-8-5-2/h7,9-10,12,15-16,18-19,21,24,27,29-30,32-33,36,50H,4-6,8,11,13-14,17,20,22-23,25-26,28,31,34-35,37-49H2,1-3H3/b10-7+,12-9+,18-15+,19-16+,24-21+,30-27+,32-29+,36-33+. The summed E-state index contributed by atoms with van der Waals surface area (Å²) >= 11 is 0. The monoisotopic (exact) mass is 819 g/mol. The Kier molecular flexibility index (Phi) is 44.1. The molecule has 0 aromatic carbocycles. The van der Waals surface area contributed by atoms with Crippen LogP contribution in [0.3, 0.4) is 0 Å². The van der Waals surface area contributed by atoms with Gasteiger partial charge in [-0.2, -0.15) is 0 Å². The summed E-state index contributed by atoms with van der Waals surface area (Å²) in [5.41, 5.74) is 0. The topological polar surface area (TPSA) is 78.9 Å². The van der Waals surface area contributed by atoms with Crippen LogP contribution < -0.4 is 0 Å². The van der Waals surface area contributed by atoms with E-state index in [4.69, 9.17) is 14.2 Å². The molecule has 0 aromatic heterocycles. The molecule has 0 amide bonds. The third-order valence-corrected chi connectivity index (χ3v) is 9.68. The summed E-state index contributed by atoms with van der Waals surface area (Å²) in [6, 6.07) is 0. The van der Waals surface area contributed by atoms with Gasteiger partial charge in [-0.25, -0.2) is 0 Å². The molecule has 0 saturated heterocycles. The van der Waals surface area contributed by atoms with Crippen LogP contribution in [-0.2, 0) is 28.6 Å². The van der Waals surface area contributed by atoms with Crippen molar-refractivity contribution in [3.8, 4) is 0 Å². The lowest BCUT2D eigenvalue weighted by molar-refractivity contribution is -0.167. The summed E-state index contributed by atoms with van der Waals surface area (Å²) in [5.74, 6) is -1.02. The first kappa shape index (κ1) is 55.3. The quantitative estimate of drug-likeness (QED) is 0.0201. The number of carbonyl (C=O) groups is 3. The van der Waals surface area contributed by atoms with Crippen LogP contribution in [0.2, 0.25) is 0 Å². The number of esters is 3. The van der Waals surface area contributed by atoms with E-state index in [1.807, 2.05) is 54.7 Å². The molecule has 0 bridgehead atoms. The molecule has 0 fully saturated rings. The largest absolute Gasteiger partial charge is 0.462 e. The fraction of sp³-hybridized carbons (Fsp3) is 0.642. The molecular formula is C53H86O6. The zero-order valence-electron chi connectivity index (χ0n) is 38.0. The molecule has 1 atom stereocenters. The number of allylic oxidation sites excluding steroid dienone is 16. The van der Waals surface area contributed by atoms with Crippen molar-refractivity contribution in [3.05, 3.63) is 97.2 Å². The smallest absolute Gasteiger partial charge is 0.306 e. The summed E-state index contributed by atoms with van der Waals surface area (Å²) < 4.78 is 16.7. The zero-order chi connectivity index (χ0) is 43.0. The van der Waals surface area contributed by atoms with Crippen LogP contribution in [0.1, 0.15) is 201 Å². The fourth-order valence-corrected chi connectivity index (χ4v) is 6.15. The van der Waals surface area contributed by atoms with Gasteiger partial charge in [0.1, 0.15) is 13.2 Å². The molecule has 0 rings (SSSR count). The zero-order valence-corrected chi connectivity index (χ0v) is 38.0. The molecule has 0 spiro atoms. The van der Waals surface area contributed by atoms with E-state index in [9.17, 15) is 14.4 Å². The van der Waals surface area contributed by atoms with Gasteiger partial charge in [0.2, 0.25) is 0 Å². The molecule has 0 N–H and O–H groups in total. The summed E-state index contributed by atoms with van der Waals surface area (Å²) in [6.45, 7) is 6.28. The molecule has 334 valence electrons. The first-order valence-corrected chi connectivity index (χ1v) is 23.8. The lowest BCUT2D eigenvalue weighted by Crippen LogP contribution is -2.30. The van der Waals surface area contributed by atoms with Crippen LogP contribution in [0.4, 0.5) is 0 Å². The average Bonchev–Trinajstić information content (AvgIpc) is 3.23. The van der Waals surface area contributed by atoms with Crippen molar-refractivity contribution in [2.24, 2.45) is 0 Å². The number of ether oxygens (including phenoxy) is 3. The van der Waals surface area contributed by atoms with E-state index < -0.39 is 6.10 Å². The maximum atomic E-state index is 12.7. The van der Waals surface area contributed by atoms with Gasteiger partial charge in [0.05, 0.1) is 0 Å². The van der Waals surface area contributed by atoms with Crippen molar-refractivity contribution in [2.45, 2.75) is 207 Å². The van der Waals surface area contributed by atoms with Crippen molar-refractivity contribution in [2.75, 3.05) is 13.2 Å². The van der Waals surface area contributed by atoms with Crippen LogP contribution >= 0.6 is 0 Å². The Morgan fingerprint density at radius 2 is 0.763 bits per heavy atom. The molecule has 1 unspecified atom stereocenters. The summed E-state index contributed by atoms with van der Waals surface area (Å²) in [5, 5.41) is 0. The first-order valence-electron chi connectivity index (χ1n) is 23.8. The van der Waals surface area contributed by atoms with E-state index in [-0.39, 0.29) is 44.0 Å². The maximum absolute atomic E-state index is 12.7. The Morgan fingerprint density at radius 3 is 1.31 bits per heavy atom. The van der Waals surface area contributed by atoms with Crippen LogP contribution in [-0.4, -0.2) is 37.2 Å². The Bertz CT molecular complexity index is 1220. The highest BCUT2D eigenvalue weighted by Crippen LogP contribution is 2.13.